The van der Waals surface area contributed by atoms with Crippen molar-refractivity contribution >= 4 is 34.4 Å². The number of benzene rings is 1. The fraction of sp³-hybridized carbons (Fsp3) is 0.654. The summed E-state index contributed by atoms with van der Waals surface area (Å²) in [5.41, 5.74) is 2.80. The van der Waals surface area contributed by atoms with Crippen LogP contribution in [-0.2, 0) is 22.9 Å². The molecule has 0 spiro atoms. The fourth-order valence-corrected chi connectivity index (χ4v) is 5.35. The third kappa shape index (κ3) is 6.98. The molecule has 1 aromatic heterocycles. The van der Waals surface area contributed by atoms with Crippen LogP contribution in [0.3, 0.4) is 0 Å². The summed E-state index contributed by atoms with van der Waals surface area (Å²) in [6.45, 7) is 21.6. The fourth-order valence-electron chi connectivity index (χ4n) is 4.18. The number of nitrogens with one attached hydrogen (secondary N) is 1. The van der Waals surface area contributed by atoms with Crippen molar-refractivity contribution < 1.29 is 20.1 Å². The van der Waals surface area contributed by atoms with E-state index in [0.29, 0.717) is 26.2 Å². The van der Waals surface area contributed by atoms with Gasteiger partial charge in [0.25, 0.3) is 0 Å². The predicted octanol–water partition coefficient (Wildman–Crippen LogP) is 5.31. The Balaban J connectivity index is 0.00000408. The molecule has 0 aliphatic carbocycles. The second kappa shape index (κ2) is 9.90. The van der Waals surface area contributed by atoms with Gasteiger partial charge < -0.3 is 30.1 Å². The number of carbonyl (C=O) groups is 1. The van der Waals surface area contributed by atoms with Crippen molar-refractivity contribution in [2.45, 2.75) is 84.1 Å². The van der Waals surface area contributed by atoms with Crippen LogP contribution in [0.1, 0.15) is 67.9 Å². The van der Waals surface area contributed by atoms with Crippen LogP contribution < -0.4 is 4.90 Å². The molecule has 3 rings (SSSR count). The lowest BCUT2D eigenvalue weighted by Gasteiger charge is -2.37. The zero-order valence-corrected chi connectivity index (χ0v) is 23.1. The lowest BCUT2D eigenvalue weighted by Crippen LogP contribution is -2.50. The SMILES string of the molecule is CC(C)(C)Cc1c([SH+]C(C)(C)C)[nH]c2c(N3CCN(C(=O)OC(C)(C)C)CC3)c(O)ccc12.[OH-]. The Bertz CT molecular complexity index is 1000. The molecule has 0 saturated carbocycles. The molecular weight excluding hydrogens is 450 g/mol. The molecule has 1 fully saturated rings. The highest BCUT2D eigenvalue weighted by Crippen LogP contribution is 2.41. The molecule has 34 heavy (non-hydrogen) atoms. The van der Waals surface area contributed by atoms with Crippen molar-refractivity contribution in [2.75, 3.05) is 31.1 Å². The van der Waals surface area contributed by atoms with E-state index in [1.165, 1.54) is 27.7 Å². The Labute approximate surface area is 208 Å². The largest absolute Gasteiger partial charge is 0.870 e. The molecule has 1 aliphatic rings. The number of piperazine rings is 1. The van der Waals surface area contributed by atoms with Crippen molar-refractivity contribution in [2.24, 2.45) is 5.41 Å². The minimum atomic E-state index is -0.505. The Kier molecular flexibility index (Phi) is 8.20. The number of carbonyl (C=O) groups excluding carboxylic acids is 1. The number of aromatic amines is 1. The molecule has 1 aliphatic heterocycles. The first-order valence-electron chi connectivity index (χ1n) is 11.9. The number of fused-ring (bicyclic) bond motifs is 1. The Hall–Kier alpha value is -2.06. The van der Waals surface area contributed by atoms with Gasteiger partial charge in [-0.2, -0.15) is 0 Å². The van der Waals surface area contributed by atoms with E-state index in [1.807, 2.05) is 32.9 Å². The minimum absolute atomic E-state index is 0. The Morgan fingerprint density at radius 3 is 2.12 bits per heavy atom. The number of amides is 1. The maximum absolute atomic E-state index is 12.5. The number of ether oxygens (including phenoxy) is 1. The monoisotopic (exact) mass is 493 g/mol. The van der Waals surface area contributed by atoms with E-state index in [0.717, 1.165) is 17.6 Å². The Morgan fingerprint density at radius 2 is 1.62 bits per heavy atom. The standard InChI is InChI=1S/C26H41N3O3S.H2O/c1-24(2,3)16-18-17-10-11-19(30)21(20(17)27-22(18)33-26(7,8)9)28-12-14-29(15-13-28)23(31)32-25(4,5)6;/h10-11,27,30H,12-16H2,1-9H3;1H2. The maximum Gasteiger partial charge on any atom is 0.410 e. The number of thiol groups is 1. The summed E-state index contributed by atoms with van der Waals surface area (Å²) in [6, 6.07) is 3.86. The van der Waals surface area contributed by atoms with E-state index in [1.54, 1.807) is 4.90 Å². The lowest BCUT2D eigenvalue weighted by atomic mass is 9.88. The highest BCUT2D eigenvalue weighted by atomic mass is 32.2. The van der Waals surface area contributed by atoms with Crippen LogP contribution in [0.25, 0.3) is 10.9 Å². The van der Waals surface area contributed by atoms with Crippen molar-refractivity contribution in [3.8, 4) is 5.75 Å². The second-order valence-corrected chi connectivity index (χ2v) is 14.3. The maximum atomic E-state index is 12.5. The van der Waals surface area contributed by atoms with Crippen LogP contribution in [0, 0.1) is 5.41 Å². The van der Waals surface area contributed by atoms with E-state index in [2.05, 4.69) is 51.4 Å². The number of aromatic nitrogens is 1. The molecule has 0 bridgehead atoms. The summed E-state index contributed by atoms with van der Waals surface area (Å²) in [6.07, 6.45) is 0.686. The summed E-state index contributed by atoms with van der Waals surface area (Å²) in [7, 11) is 0. The molecule has 0 atom stereocenters. The van der Waals surface area contributed by atoms with Crippen LogP contribution in [-0.4, -0.2) is 63.1 Å². The van der Waals surface area contributed by atoms with Crippen molar-refractivity contribution in [3.05, 3.63) is 17.7 Å². The predicted molar refractivity (Wildman–Crippen MR) is 142 cm³/mol. The van der Waals surface area contributed by atoms with E-state index in [4.69, 9.17) is 4.74 Å². The highest BCUT2D eigenvalue weighted by Gasteiger charge is 2.32. The minimum Gasteiger partial charge on any atom is -0.870 e. The average molecular weight is 494 g/mol. The molecule has 0 unspecified atom stereocenters. The summed E-state index contributed by atoms with van der Waals surface area (Å²) < 4.78 is 5.66. The van der Waals surface area contributed by atoms with E-state index < -0.39 is 5.60 Å². The third-order valence-corrected chi connectivity index (χ3v) is 6.69. The summed E-state index contributed by atoms with van der Waals surface area (Å²) >= 11 is 1.24. The highest BCUT2D eigenvalue weighted by molar-refractivity contribution is 7.80. The van der Waals surface area contributed by atoms with Gasteiger partial charge in [0.1, 0.15) is 21.8 Å². The van der Waals surface area contributed by atoms with Gasteiger partial charge in [0.05, 0.1) is 5.52 Å². The molecular formula is C26H43N3O4S. The Morgan fingerprint density at radius 1 is 1.03 bits per heavy atom. The first kappa shape index (κ1) is 28.2. The number of hydrogen-bond acceptors (Lipinski definition) is 5. The molecule has 192 valence electrons. The summed E-state index contributed by atoms with van der Waals surface area (Å²) in [4.78, 5) is 20.1. The summed E-state index contributed by atoms with van der Waals surface area (Å²) in [5.74, 6) is 0.274. The van der Waals surface area contributed by atoms with Gasteiger partial charge in [0.15, 0.2) is 0 Å². The van der Waals surface area contributed by atoms with Gasteiger partial charge >= 0.3 is 6.09 Å². The van der Waals surface area contributed by atoms with E-state index in [9.17, 15) is 9.90 Å². The van der Waals surface area contributed by atoms with Gasteiger partial charge in [-0.15, -0.1) is 0 Å². The number of H-pyrrole nitrogens is 1. The second-order valence-electron chi connectivity index (χ2n) is 12.3. The number of phenolic OH excluding ortho intramolecular Hbond substituents is 1. The quantitative estimate of drug-likeness (QED) is 0.446. The lowest BCUT2D eigenvalue weighted by molar-refractivity contribution is 0.0240. The molecule has 0 radical (unpaired) electrons. The normalized spacial score (nSPS) is 15.4. The van der Waals surface area contributed by atoms with E-state index >= 15 is 0 Å². The smallest absolute Gasteiger partial charge is 0.410 e. The van der Waals surface area contributed by atoms with Crippen molar-refractivity contribution in [1.82, 2.24) is 9.88 Å². The first-order chi connectivity index (χ1) is 15.0. The van der Waals surface area contributed by atoms with Crippen LogP contribution in [0.15, 0.2) is 17.2 Å². The van der Waals surface area contributed by atoms with Gasteiger partial charge in [-0.25, -0.2) is 4.79 Å². The van der Waals surface area contributed by atoms with Crippen LogP contribution in [0.4, 0.5) is 10.5 Å². The van der Waals surface area contributed by atoms with Crippen LogP contribution >= 0.6 is 0 Å². The zero-order valence-electron chi connectivity index (χ0n) is 22.2. The number of aromatic hydroxyl groups is 1. The molecule has 7 nitrogen and oxygen atoms in total. The van der Waals surface area contributed by atoms with Gasteiger partial charge in [-0.05, 0) is 65.5 Å². The molecule has 1 aromatic carbocycles. The van der Waals surface area contributed by atoms with Gasteiger partial charge in [0, 0.05) is 48.9 Å². The first-order valence-corrected chi connectivity index (χ1v) is 12.8. The average Bonchev–Trinajstić information content (AvgIpc) is 2.94. The third-order valence-electron chi connectivity index (χ3n) is 5.41. The number of hydrogen-bond donors (Lipinski definition) is 2. The number of rotatable bonds is 3. The van der Waals surface area contributed by atoms with Crippen LogP contribution in [0.5, 0.6) is 5.75 Å². The molecule has 1 saturated heterocycles. The molecule has 1 amide bonds. The van der Waals surface area contributed by atoms with Crippen molar-refractivity contribution in [1.29, 1.82) is 0 Å². The number of phenols is 1. The molecule has 2 heterocycles. The zero-order chi connectivity index (χ0) is 24.8. The number of anilines is 1. The molecule has 8 heteroatoms. The van der Waals surface area contributed by atoms with Gasteiger partial charge in [0.2, 0.25) is 5.03 Å². The molecule has 2 aromatic rings. The van der Waals surface area contributed by atoms with Crippen LogP contribution in [0.2, 0.25) is 0 Å². The van der Waals surface area contributed by atoms with Gasteiger partial charge in [-0.3, -0.25) is 0 Å². The summed E-state index contributed by atoms with van der Waals surface area (Å²) in [5, 5.41) is 13.3. The molecule has 3 N–H and O–H groups in total. The topological polar surface area (TPSA) is 98.8 Å². The van der Waals surface area contributed by atoms with Crippen molar-refractivity contribution in [3.63, 3.8) is 0 Å². The number of nitrogens with zero attached hydrogens (tertiary/aromatic N) is 2. The van der Waals surface area contributed by atoms with E-state index in [-0.39, 0.29) is 27.5 Å². The van der Waals surface area contributed by atoms with Gasteiger partial charge in [-0.1, -0.05) is 20.8 Å².